The van der Waals surface area contributed by atoms with E-state index in [0.29, 0.717) is 17.9 Å². The molecule has 3 atom stereocenters. The first-order valence-electron chi connectivity index (χ1n) is 7.86. The molecule has 1 amide bonds. The molecular weight excluding hydrogens is 268 g/mol. The smallest absolute Gasteiger partial charge is 0.226 e. The first kappa shape index (κ1) is 12.8. The van der Waals surface area contributed by atoms with Crippen LogP contribution < -0.4 is 5.73 Å². The van der Waals surface area contributed by atoms with Gasteiger partial charge in [0.2, 0.25) is 5.91 Å². The van der Waals surface area contributed by atoms with E-state index in [1.54, 1.807) is 0 Å². The summed E-state index contributed by atoms with van der Waals surface area (Å²) in [7, 11) is 0. The number of hydrogen-bond donors (Lipinski definition) is 1. The Labute approximate surface area is 124 Å². The highest BCUT2D eigenvalue weighted by molar-refractivity contribution is 7.10. The molecule has 1 aromatic rings. The first-order valence-corrected chi connectivity index (χ1v) is 8.74. The zero-order valence-electron chi connectivity index (χ0n) is 11.8. The summed E-state index contributed by atoms with van der Waals surface area (Å²) in [6.45, 7) is 0.916. The average molecular weight is 290 g/mol. The lowest BCUT2D eigenvalue weighted by Gasteiger charge is -2.38. The summed E-state index contributed by atoms with van der Waals surface area (Å²) < 4.78 is 0. The molecule has 20 heavy (non-hydrogen) atoms. The maximum absolute atomic E-state index is 12.9. The summed E-state index contributed by atoms with van der Waals surface area (Å²) in [4.78, 5) is 16.6. The minimum absolute atomic E-state index is 0.187. The van der Waals surface area contributed by atoms with Crippen molar-refractivity contribution in [1.82, 2.24) is 4.90 Å². The SMILES string of the molecule is NC1CCC(C(=O)N2CCc3sccc3C2C2CC2)C1. The van der Waals surface area contributed by atoms with Crippen molar-refractivity contribution < 1.29 is 4.79 Å². The van der Waals surface area contributed by atoms with Gasteiger partial charge in [0.1, 0.15) is 0 Å². The molecule has 0 radical (unpaired) electrons. The van der Waals surface area contributed by atoms with E-state index in [2.05, 4.69) is 16.3 Å². The summed E-state index contributed by atoms with van der Waals surface area (Å²) in [6.07, 6.45) is 6.51. The van der Waals surface area contributed by atoms with Crippen molar-refractivity contribution in [3.8, 4) is 0 Å². The van der Waals surface area contributed by atoms with E-state index in [0.717, 1.165) is 32.2 Å². The number of carbonyl (C=O) groups excluding carboxylic acids is 1. The summed E-state index contributed by atoms with van der Waals surface area (Å²) in [5.41, 5.74) is 7.43. The van der Waals surface area contributed by atoms with Crippen molar-refractivity contribution in [2.45, 2.75) is 50.6 Å². The highest BCUT2D eigenvalue weighted by Gasteiger charge is 2.43. The Kier molecular flexibility index (Phi) is 3.11. The van der Waals surface area contributed by atoms with Crippen LogP contribution in [0, 0.1) is 11.8 Å². The second-order valence-electron chi connectivity index (χ2n) is 6.63. The lowest BCUT2D eigenvalue weighted by atomic mass is 9.93. The van der Waals surface area contributed by atoms with Crippen LogP contribution in [0.3, 0.4) is 0 Å². The molecular formula is C16H22N2OS. The number of carbonyl (C=O) groups is 1. The van der Waals surface area contributed by atoms with Gasteiger partial charge in [-0.15, -0.1) is 11.3 Å². The third-order valence-electron chi connectivity index (χ3n) is 5.19. The van der Waals surface area contributed by atoms with E-state index in [1.165, 1.54) is 23.3 Å². The van der Waals surface area contributed by atoms with Crippen LogP contribution >= 0.6 is 11.3 Å². The van der Waals surface area contributed by atoms with Gasteiger partial charge in [-0.1, -0.05) is 0 Å². The van der Waals surface area contributed by atoms with Crippen molar-refractivity contribution >= 4 is 17.2 Å². The minimum Gasteiger partial charge on any atom is -0.335 e. The molecule has 3 nitrogen and oxygen atoms in total. The van der Waals surface area contributed by atoms with Crippen molar-refractivity contribution in [2.24, 2.45) is 17.6 Å². The normalized spacial score (nSPS) is 33.2. The molecule has 0 aromatic carbocycles. The first-order chi connectivity index (χ1) is 9.74. The summed E-state index contributed by atoms with van der Waals surface area (Å²) in [6, 6.07) is 2.86. The highest BCUT2D eigenvalue weighted by atomic mass is 32.1. The number of nitrogens with zero attached hydrogens (tertiary/aromatic N) is 1. The fraction of sp³-hybridized carbons (Fsp3) is 0.688. The molecule has 3 unspecified atom stereocenters. The molecule has 2 aliphatic carbocycles. The average Bonchev–Trinajstić information content (AvgIpc) is 3.00. The van der Waals surface area contributed by atoms with Crippen LogP contribution in [0.4, 0.5) is 0 Å². The van der Waals surface area contributed by atoms with Gasteiger partial charge in [-0.3, -0.25) is 4.79 Å². The van der Waals surface area contributed by atoms with Gasteiger partial charge in [0.05, 0.1) is 6.04 Å². The van der Waals surface area contributed by atoms with Gasteiger partial charge in [0.15, 0.2) is 0 Å². The maximum atomic E-state index is 12.9. The topological polar surface area (TPSA) is 46.3 Å². The summed E-state index contributed by atoms with van der Waals surface area (Å²) >= 11 is 1.86. The number of nitrogens with two attached hydrogens (primary N) is 1. The van der Waals surface area contributed by atoms with Gasteiger partial charge in [-0.05, 0) is 61.5 Å². The lowest BCUT2D eigenvalue weighted by molar-refractivity contribution is -0.138. The quantitative estimate of drug-likeness (QED) is 0.910. The van der Waals surface area contributed by atoms with Gasteiger partial charge in [0.25, 0.3) is 0 Å². The van der Waals surface area contributed by atoms with Crippen LogP contribution in [-0.2, 0) is 11.2 Å². The van der Waals surface area contributed by atoms with Crippen LogP contribution in [0.2, 0.25) is 0 Å². The van der Waals surface area contributed by atoms with E-state index >= 15 is 0 Å². The number of thiophene rings is 1. The Morgan fingerprint density at radius 2 is 2.15 bits per heavy atom. The van der Waals surface area contributed by atoms with Crippen molar-refractivity contribution in [2.75, 3.05) is 6.54 Å². The zero-order valence-corrected chi connectivity index (χ0v) is 12.6. The number of hydrogen-bond acceptors (Lipinski definition) is 3. The second-order valence-corrected chi connectivity index (χ2v) is 7.63. The fourth-order valence-electron chi connectivity index (χ4n) is 3.99. The molecule has 3 aliphatic rings. The molecule has 108 valence electrons. The zero-order chi connectivity index (χ0) is 13.7. The Morgan fingerprint density at radius 1 is 1.30 bits per heavy atom. The Balaban J connectivity index is 1.59. The molecule has 0 bridgehead atoms. The number of rotatable bonds is 2. The van der Waals surface area contributed by atoms with Gasteiger partial charge >= 0.3 is 0 Å². The van der Waals surface area contributed by atoms with Crippen LogP contribution in [0.5, 0.6) is 0 Å². The summed E-state index contributed by atoms with van der Waals surface area (Å²) in [5.74, 6) is 1.28. The Hall–Kier alpha value is -0.870. The van der Waals surface area contributed by atoms with Gasteiger partial charge in [-0.25, -0.2) is 0 Å². The van der Waals surface area contributed by atoms with E-state index < -0.39 is 0 Å². The fourth-order valence-corrected chi connectivity index (χ4v) is 4.90. The molecule has 4 rings (SSSR count). The standard InChI is InChI=1S/C16H22N2OS/c17-12-4-3-11(9-12)16(19)18-7-5-14-13(6-8-20-14)15(18)10-1-2-10/h6,8,10-12,15H,1-5,7,9,17H2. The van der Waals surface area contributed by atoms with Crippen LogP contribution in [0.25, 0.3) is 0 Å². The van der Waals surface area contributed by atoms with Crippen molar-refractivity contribution in [3.63, 3.8) is 0 Å². The largest absolute Gasteiger partial charge is 0.335 e. The molecule has 4 heteroatoms. The molecule has 2 N–H and O–H groups in total. The Morgan fingerprint density at radius 3 is 2.85 bits per heavy atom. The van der Waals surface area contributed by atoms with E-state index in [1.807, 2.05) is 11.3 Å². The molecule has 1 aromatic heterocycles. The van der Waals surface area contributed by atoms with Crippen LogP contribution in [0.1, 0.15) is 48.6 Å². The second kappa shape index (κ2) is 4.85. The maximum Gasteiger partial charge on any atom is 0.226 e. The molecule has 0 spiro atoms. The third-order valence-corrected chi connectivity index (χ3v) is 6.18. The molecule has 2 fully saturated rings. The lowest BCUT2D eigenvalue weighted by Crippen LogP contribution is -2.43. The van der Waals surface area contributed by atoms with Crippen LogP contribution in [-0.4, -0.2) is 23.4 Å². The van der Waals surface area contributed by atoms with Gasteiger partial charge in [-0.2, -0.15) is 0 Å². The van der Waals surface area contributed by atoms with E-state index in [-0.39, 0.29) is 12.0 Å². The monoisotopic (exact) mass is 290 g/mol. The predicted molar refractivity (Wildman–Crippen MR) is 80.5 cm³/mol. The highest BCUT2D eigenvalue weighted by Crippen LogP contribution is 2.49. The van der Waals surface area contributed by atoms with E-state index in [4.69, 9.17) is 5.73 Å². The third kappa shape index (κ3) is 2.09. The van der Waals surface area contributed by atoms with E-state index in [9.17, 15) is 4.79 Å². The molecule has 1 aliphatic heterocycles. The van der Waals surface area contributed by atoms with Crippen LogP contribution in [0.15, 0.2) is 11.4 Å². The van der Waals surface area contributed by atoms with Gasteiger partial charge < -0.3 is 10.6 Å². The van der Waals surface area contributed by atoms with Crippen molar-refractivity contribution in [3.05, 3.63) is 21.9 Å². The molecule has 2 heterocycles. The van der Waals surface area contributed by atoms with Crippen molar-refractivity contribution in [1.29, 1.82) is 0 Å². The van der Waals surface area contributed by atoms with Gasteiger partial charge in [0, 0.05) is 23.4 Å². The number of amides is 1. The minimum atomic E-state index is 0.187. The predicted octanol–water partition coefficient (Wildman–Crippen LogP) is 2.71. The molecule has 0 saturated heterocycles. The molecule has 2 saturated carbocycles. The number of fused-ring (bicyclic) bond motifs is 1. The Bertz CT molecular complexity index is 522. The summed E-state index contributed by atoms with van der Waals surface area (Å²) in [5, 5.41) is 2.19.